The molecular formula is C30H40N6. The maximum atomic E-state index is 5.21. The number of nitrogens with zero attached hydrogens (tertiary/aromatic N) is 6. The van der Waals surface area contributed by atoms with Gasteiger partial charge >= 0.3 is 0 Å². The Kier molecular flexibility index (Phi) is 7.43. The monoisotopic (exact) mass is 484 g/mol. The summed E-state index contributed by atoms with van der Waals surface area (Å²) in [4.78, 5) is 24.9. The van der Waals surface area contributed by atoms with Crippen molar-refractivity contribution < 1.29 is 0 Å². The predicted octanol–water partition coefficient (Wildman–Crippen LogP) is 6.71. The molecule has 0 atom stereocenters. The molecule has 6 nitrogen and oxygen atoms in total. The van der Waals surface area contributed by atoms with Gasteiger partial charge in [0.15, 0.2) is 0 Å². The van der Waals surface area contributed by atoms with E-state index < -0.39 is 5.41 Å². The Morgan fingerprint density at radius 2 is 1.36 bits per heavy atom. The van der Waals surface area contributed by atoms with Crippen molar-refractivity contribution in [3.63, 3.8) is 0 Å². The third-order valence-electron chi connectivity index (χ3n) is 7.21. The van der Waals surface area contributed by atoms with Crippen molar-refractivity contribution >= 4 is 33.6 Å². The third-order valence-corrected chi connectivity index (χ3v) is 7.21. The molecule has 0 spiro atoms. The minimum absolute atomic E-state index is 0.231. The lowest BCUT2D eigenvalue weighted by Gasteiger charge is -2.30. The maximum absolute atomic E-state index is 5.21. The molecule has 0 radical (unpaired) electrons. The second-order valence-corrected chi connectivity index (χ2v) is 10.1. The van der Waals surface area contributed by atoms with E-state index in [1.807, 2.05) is 0 Å². The largest absolute Gasteiger partial charge is 0.357 e. The number of benzene rings is 2. The molecule has 0 N–H and O–H groups in total. The lowest BCUT2D eigenvalue weighted by molar-refractivity contribution is 0.623. The molecule has 0 fully saturated rings. The highest BCUT2D eigenvalue weighted by atomic mass is 15.2. The van der Waals surface area contributed by atoms with E-state index in [4.69, 9.17) is 19.9 Å². The summed E-state index contributed by atoms with van der Waals surface area (Å²) in [6.07, 6.45) is 0. The van der Waals surface area contributed by atoms with Gasteiger partial charge in [-0.1, -0.05) is 58.0 Å². The number of hydrogen-bond donors (Lipinski definition) is 0. The zero-order chi connectivity index (χ0) is 26.0. The van der Waals surface area contributed by atoms with Gasteiger partial charge in [-0.25, -0.2) is 19.9 Å². The number of aromatic nitrogens is 4. The van der Waals surface area contributed by atoms with Gasteiger partial charge in [0.1, 0.15) is 11.6 Å². The molecule has 2 heterocycles. The third kappa shape index (κ3) is 4.49. The van der Waals surface area contributed by atoms with Crippen molar-refractivity contribution in [2.24, 2.45) is 0 Å². The highest BCUT2D eigenvalue weighted by Crippen LogP contribution is 2.40. The van der Waals surface area contributed by atoms with Crippen LogP contribution in [0.25, 0.3) is 21.8 Å². The van der Waals surface area contributed by atoms with E-state index in [-0.39, 0.29) is 5.92 Å². The molecule has 36 heavy (non-hydrogen) atoms. The van der Waals surface area contributed by atoms with Gasteiger partial charge in [-0.15, -0.1) is 0 Å². The minimum atomic E-state index is -0.410. The van der Waals surface area contributed by atoms with E-state index >= 15 is 0 Å². The summed E-state index contributed by atoms with van der Waals surface area (Å²) in [5.41, 5.74) is 3.76. The molecule has 0 aliphatic carbocycles. The Hall–Kier alpha value is -3.28. The smallest absolute Gasteiger partial charge is 0.226 e. The normalized spacial score (nSPS) is 12.0. The average Bonchev–Trinajstić information content (AvgIpc) is 2.89. The minimum Gasteiger partial charge on any atom is -0.357 e. The van der Waals surface area contributed by atoms with Crippen LogP contribution in [0.15, 0.2) is 42.5 Å². The second-order valence-electron chi connectivity index (χ2n) is 10.1. The quantitative estimate of drug-likeness (QED) is 0.263. The van der Waals surface area contributed by atoms with Crippen LogP contribution in [0.3, 0.4) is 0 Å². The van der Waals surface area contributed by atoms with Gasteiger partial charge in [0.25, 0.3) is 0 Å². The fourth-order valence-electron chi connectivity index (χ4n) is 5.00. The zero-order valence-corrected chi connectivity index (χ0v) is 23.1. The average molecular weight is 485 g/mol. The van der Waals surface area contributed by atoms with Crippen LogP contribution in [0.2, 0.25) is 0 Å². The lowest BCUT2D eigenvalue weighted by atomic mass is 9.78. The summed E-state index contributed by atoms with van der Waals surface area (Å²) >= 11 is 0. The molecule has 0 aliphatic heterocycles. The SMILES string of the molecule is CCN(CC)c1nc(C(C)(C)c2cccc3c(N(CC)CC)nc(C(C)C)nc23)c2ccccc2n1. The lowest BCUT2D eigenvalue weighted by Crippen LogP contribution is -2.28. The van der Waals surface area contributed by atoms with Crippen LogP contribution in [-0.4, -0.2) is 46.1 Å². The molecule has 0 saturated heterocycles. The summed E-state index contributed by atoms with van der Waals surface area (Å²) in [5, 5.41) is 2.17. The summed E-state index contributed by atoms with van der Waals surface area (Å²) in [6.45, 7) is 21.0. The second kappa shape index (κ2) is 10.4. The van der Waals surface area contributed by atoms with E-state index in [0.29, 0.717) is 0 Å². The number of hydrogen-bond acceptors (Lipinski definition) is 6. The number of rotatable bonds is 9. The Bertz CT molecular complexity index is 1350. The van der Waals surface area contributed by atoms with Gasteiger partial charge < -0.3 is 9.80 Å². The Morgan fingerprint density at radius 3 is 2.00 bits per heavy atom. The molecule has 6 heteroatoms. The standard InChI is InChI=1S/C30H40N6/c1-9-35(10-2)28-22-17-15-18-23(25(22)32-27(34-28)20(5)6)30(7,8)26-21-16-13-14-19-24(21)31-29(33-26)36(11-3)12-4/h13-20H,9-12H2,1-8H3. The Morgan fingerprint density at radius 1 is 0.722 bits per heavy atom. The summed E-state index contributed by atoms with van der Waals surface area (Å²) in [6, 6.07) is 14.9. The van der Waals surface area contributed by atoms with Gasteiger partial charge in [0.05, 0.1) is 16.7 Å². The van der Waals surface area contributed by atoms with Crippen molar-refractivity contribution in [2.45, 2.75) is 66.7 Å². The van der Waals surface area contributed by atoms with Gasteiger partial charge in [-0.3, -0.25) is 0 Å². The molecule has 0 unspecified atom stereocenters. The van der Waals surface area contributed by atoms with E-state index in [1.54, 1.807) is 0 Å². The van der Waals surface area contributed by atoms with E-state index in [1.165, 1.54) is 0 Å². The zero-order valence-electron chi connectivity index (χ0n) is 23.1. The van der Waals surface area contributed by atoms with Crippen LogP contribution in [0.4, 0.5) is 11.8 Å². The van der Waals surface area contributed by atoms with Crippen molar-refractivity contribution in [3.05, 3.63) is 59.5 Å². The first-order valence-electron chi connectivity index (χ1n) is 13.3. The first kappa shape index (κ1) is 25.8. The molecular weight excluding hydrogens is 444 g/mol. The number of para-hydroxylation sites is 2. The van der Waals surface area contributed by atoms with E-state index in [9.17, 15) is 0 Å². The molecule has 4 aromatic rings. The van der Waals surface area contributed by atoms with E-state index in [2.05, 4.69) is 108 Å². The molecule has 190 valence electrons. The predicted molar refractivity (Wildman–Crippen MR) is 152 cm³/mol. The van der Waals surface area contributed by atoms with Gasteiger partial charge in [-0.2, -0.15) is 0 Å². The summed E-state index contributed by atoms with van der Waals surface area (Å²) < 4.78 is 0. The summed E-state index contributed by atoms with van der Waals surface area (Å²) in [7, 11) is 0. The molecule has 2 aromatic heterocycles. The van der Waals surface area contributed by atoms with Crippen LogP contribution >= 0.6 is 0 Å². The molecule has 0 aliphatic rings. The van der Waals surface area contributed by atoms with Crippen LogP contribution in [0.5, 0.6) is 0 Å². The topological polar surface area (TPSA) is 58.0 Å². The van der Waals surface area contributed by atoms with Crippen molar-refractivity contribution in [2.75, 3.05) is 36.0 Å². The first-order valence-corrected chi connectivity index (χ1v) is 13.3. The van der Waals surface area contributed by atoms with Crippen LogP contribution in [0.1, 0.15) is 78.4 Å². The van der Waals surface area contributed by atoms with Crippen LogP contribution in [0, 0.1) is 0 Å². The summed E-state index contributed by atoms with van der Waals surface area (Å²) in [5.74, 6) is 2.91. The highest BCUT2D eigenvalue weighted by Gasteiger charge is 2.32. The van der Waals surface area contributed by atoms with Gasteiger partial charge in [0, 0.05) is 48.3 Å². The molecule has 2 aromatic carbocycles. The number of fused-ring (bicyclic) bond motifs is 2. The highest BCUT2D eigenvalue weighted by molar-refractivity contribution is 5.93. The number of anilines is 2. The van der Waals surface area contributed by atoms with Crippen molar-refractivity contribution in [3.8, 4) is 0 Å². The van der Waals surface area contributed by atoms with Gasteiger partial charge in [-0.05, 0) is 45.4 Å². The van der Waals surface area contributed by atoms with Gasteiger partial charge in [0.2, 0.25) is 5.95 Å². The molecule has 4 rings (SSSR count). The molecule has 0 amide bonds. The van der Waals surface area contributed by atoms with E-state index in [0.717, 1.165) is 76.8 Å². The molecule has 0 saturated carbocycles. The van der Waals surface area contributed by atoms with Crippen molar-refractivity contribution in [1.29, 1.82) is 0 Å². The van der Waals surface area contributed by atoms with Crippen LogP contribution in [-0.2, 0) is 5.41 Å². The fourth-order valence-corrected chi connectivity index (χ4v) is 5.00. The Balaban J connectivity index is 2.04. The first-order chi connectivity index (χ1) is 17.3. The Labute approximate surface area is 215 Å². The van der Waals surface area contributed by atoms with Crippen LogP contribution < -0.4 is 9.80 Å². The molecule has 0 bridgehead atoms. The fraction of sp³-hybridized carbons (Fsp3) is 0.467. The maximum Gasteiger partial charge on any atom is 0.226 e. The van der Waals surface area contributed by atoms with Crippen molar-refractivity contribution in [1.82, 2.24) is 19.9 Å².